The van der Waals surface area contributed by atoms with E-state index >= 15 is 0 Å². The van der Waals surface area contributed by atoms with Gasteiger partial charge in [-0.3, -0.25) is 24.5 Å². The van der Waals surface area contributed by atoms with Crippen LogP contribution in [-0.2, 0) is 33.3 Å². The maximum Gasteiger partial charge on any atom is 0.347 e. The Balaban J connectivity index is 1.44. The van der Waals surface area contributed by atoms with E-state index in [1.165, 1.54) is 4.90 Å². The minimum absolute atomic E-state index is 0.0366. The van der Waals surface area contributed by atoms with Crippen molar-refractivity contribution >= 4 is 29.5 Å². The number of halogens is 2. The van der Waals surface area contributed by atoms with Crippen molar-refractivity contribution in [1.82, 2.24) is 20.2 Å². The number of rotatable bonds is 6. The van der Waals surface area contributed by atoms with Gasteiger partial charge in [0.05, 0.1) is 0 Å². The van der Waals surface area contributed by atoms with E-state index in [2.05, 4.69) is 15.3 Å². The van der Waals surface area contributed by atoms with Gasteiger partial charge in [-0.15, -0.1) is 0 Å². The van der Waals surface area contributed by atoms with Crippen molar-refractivity contribution in [2.75, 3.05) is 5.73 Å². The molecule has 166 valence electrons. The highest BCUT2D eigenvalue weighted by Gasteiger charge is 2.42. The SMILES string of the molecule is Nc1nccc(C(F)(F)C(=O)CCc2ccc3c(c2)CN(C2CCC(=O)NC2=O)C3=O)n1. The number of imide groups is 1. The van der Waals surface area contributed by atoms with Crippen LogP contribution in [0.25, 0.3) is 0 Å². The van der Waals surface area contributed by atoms with Crippen molar-refractivity contribution in [3.8, 4) is 0 Å². The van der Waals surface area contributed by atoms with Crippen LogP contribution >= 0.6 is 0 Å². The number of ketones is 1. The summed E-state index contributed by atoms with van der Waals surface area (Å²) in [5.41, 5.74) is 6.22. The molecule has 32 heavy (non-hydrogen) atoms. The number of nitrogens with two attached hydrogens (primary N) is 1. The van der Waals surface area contributed by atoms with E-state index in [1.807, 2.05) is 0 Å². The first-order chi connectivity index (χ1) is 15.2. The van der Waals surface area contributed by atoms with E-state index in [1.54, 1.807) is 18.2 Å². The van der Waals surface area contributed by atoms with E-state index in [0.717, 1.165) is 12.3 Å². The molecule has 0 bridgehead atoms. The molecule has 3 heterocycles. The average molecular weight is 443 g/mol. The van der Waals surface area contributed by atoms with E-state index in [0.29, 0.717) is 16.7 Å². The molecule has 3 N–H and O–H groups in total. The minimum atomic E-state index is -3.80. The Morgan fingerprint density at radius 1 is 1.25 bits per heavy atom. The van der Waals surface area contributed by atoms with Crippen LogP contribution in [0, 0.1) is 0 Å². The molecule has 1 aromatic heterocycles. The summed E-state index contributed by atoms with van der Waals surface area (Å²) in [4.78, 5) is 56.7. The fraction of sp³-hybridized carbons (Fsp3) is 0.333. The van der Waals surface area contributed by atoms with Crippen molar-refractivity contribution in [3.05, 3.63) is 52.8 Å². The number of benzene rings is 1. The molecule has 1 atom stereocenters. The van der Waals surface area contributed by atoms with Gasteiger partial charge in [-0.2, -0.15) is 8.78 Å². The summed E-state index contributed by atoms with van der Waals surface area (Å²) in [6.45, 7) is 0.165. The van der Waals surface area contributed by atoms with Gasteiger partial charge in [-0.25, -0.2) is 9.97 Å². The number of nitrogen functional groups attached to an aromatic ring is 1. The van der Waals surface area contributed by atoms with Gasteiger partial charge in [0.15, 0.2) is 0 Å². The van der Waals surface area contributed by atoms with E-state index < -0.39 is 35.8 Å². The molecule has 0 saturated carbocycles. The number of aryl methyl sites for hydroxylation is 1. The number of amides is 3. The standard InChI is InChI=1S/C21H19F2N5O4/c22-21(23,15-7-8-25-20(24)26-15)16(29)5-2-11-1-3-13-12(9-11)10-28(19(13)32)14-4-6-17(30)27-18(14)31/h1,3,7-9,14H,2,4-6,10H2,(H2,24,25,26)(H,27,30,31). The van der Waals surface area contributed by atoms with Crippen LogP contribution < -0.4 is 11.1 Å². The Kier molecular flexibility index (Phi) is 5.41. The maximum absolute atomic E-state index is 14.4. The third-order valence-electron chi connectivity index (χ3n) is 5.57. The smallest absolute Gasteiger partial charge is 0.347 e. The molecule has 9 nitrogen and oxygen atoms in total. The number of aromatic nitrogens is 2. The first-order valence-electron chi connectivity index (χ1n) is 9.93. The number of carbonyl (C=O) groups is 4. The molecular weight excluding hydrogens is 424 g/mol. The third kappa shape index (κ3) is 3.93. The average Bonchev–Trinajstić information content (AvgIpc) is 3.07. The number of anilines is 1. The topological polar surface area (TPSA) is 135 Å². The number of Topliss-reactive ketones (excluding diaryl/α,β-unsaturated/α-hetero) is 1. The number of hydrogen-bond donors (Lipinski definition) is 2. The van der Waals surface area contributed by atoms with Crippen LogP contribution in [0.4, 0.5) is 14.7 Å². The molecule has 1 saturated heterocycles. The van der Waals surface area contributed by atoms with Gasteiger partial charge in [-0.1, -0.05) is 12.1 Å². The molecule has 1 aromatic carbocycles. The number of nitrogens with zero attached hydrogens (tertiary/aromatic N) is 3. The van der Waals surface area contributed by atoms with E-state index in [-0.39, 0.29) is 43.6 Å². The normalized spacial score (nSPS) is 18.5. The van der Waals surface area contributed by atoms with Gasteiger partial charge in [-0.05, 0) is 36.1 Å². The molecule has 2 aromatic rings. The van der Waals surface area contributed by atoms with Crippen LogP contribution in [0.5, 0.6) is 0 Å². The van der Waals surface area contributed by atoms with Gasteiger partial charge in [0.1, 0.15) is 11.7 Å². The minimum Gasteiger partial charge on any atom is -0.368 e. The molecule has 0 radical (unpaired) electrons. The Hall–Kier alpha value is -3.76. The number of fused-ring (bicyclic) bond motifs is 1. The Morgan fingerprint density at radius 3 is 2.75 bits per heavy atom. The second-order valence-corrected chi connectivity index (χ2v) is 7.69. The molecule has 0 spiro atoms. The Labute approximate surface area is 181 Å². The van der Waals surface area contributed by atoms with Crippen molar-refractivity contribution < 1.29 is 28.0 Å². The molecule has 1 fully saturated rings. The van der Waals surface area contributed by atoms with Crippen molar-refractivity contribution in [1.29, 1.82) is 0 Å². The zero-order chi connectivity index (χ0) is 23.0. The molecule has 1 unspecified atom stereocenters. The largest absolute Gasteiger partial charge is 0.368 e. The number of piperidine rings is 1. The zero-order valence-corrected chi connectivity index (χ0v) is 16.8. The molecule has 11 heteroatoms. The summed E-state index contributed by atoms with van der Waals surface area (Å²) in [6.07, 6.45) is 1.05. The quantitative estimate of drug-likeness (QED) is 0.639. The van der Waals surface area contributed by atoms with Gasteiger partial charge in [0.25, 0.3) is 5.91 Å². The predicted molar refractivity (Wildman–Crippen MR) is 106 cm³/mol. The highest BCUT2D eigenvalue weighted by molar-refractivity contribution is 6.05. The van der Waals surface area contributed by atoms with Crippen molar-refractivity contribution in [2.45, 2.75) is 44.2 Å². The summed E-state index contributed by atoms with van der Waals surface area (Å²) >= 11 is 0. The van der Waals surface area contributed by atoms with Crippen LogP contribution in [-0.4, -0.2) is 44.4 Å². The Morgan fingerprint density at radius 2 is 2.03 bits per heavy atom. The number of carbonyl (C=O) groups excluding carboxylic acids is 4. The van der Waals surface area contributed by atoms with Gasteiger partial charge in [0.2, 0.25) is 23.5 Å². The van der Waals surface area contributed by atoms with Crippen LogP contribution in [0.1, 0.15) is 46.4 Å². The summed E-state index contributed by atoms with van der Waals surface area (Å²) in [5.74, 6) is -6.67. The van der Waals surface area contributed by atoms with Crippen molar-refractivity contribution in [3.63, 3.8) is 0 Å². The summed E-state index contributed by atoms with van der Waals surface area (Å²) in [6, 6.07) is 5.04. The summed E-state index contributed by atoms with van der Waals surface area (Å²) < 4.78 is 28.8. The lowest BCUT2D eigenvalue weighted by molar-refractivity contribution is -0.145. The first kappa shape index (κ1) is 21.5. The second kappa shape index (κ2) is 8.06. The lowest BCUT2D eigenvalue weighted by atomic mass is 9.99. The van der Waals surface area contributed by atoms with E-state index in [9.17, 15) is 28.0 Å². The Bertz CT molecular complexity index is 1140. The first-order valence-corrected chi connectivity index (χ1v) is 9.93. The van der Waals surface area contributed by atoms with Gasteiger partial charge in [0, 0.05) is 31.1 Å². The van der Waals surface area contributed by atoms with Crippen molar-refractivity contribution in [2.24, 2.45) is 0 Å². The molecule has 4 rings (SSSR count). The fourth-order valence-corrected chi connectivity index (χ4v) is 3.89. The van der Waals surface area contributed by atoms with Crippen LogP contribution in [0.2, 0.25) is 0 Å². The third-order valence-corrected chi connectivity index (χ3v) is 5.57. The van der Waals surface area contributed by atoms with E-state index in [4.69, 9.17) is 5.73 Å². The van der Waals surface area contributed by atoms with Crippen LogP contribution in [0.15, 0.2) is 30.5 Å². The number of nitrogens with one attached hydrogen (secondary N) is 1. The molecule has 2 aliphatic heterocycles. The number of alkyl halides is 2. The van der Waals surface area contributed by atoms with Gasteiger partial charge < -0.3 is 10.6 Å². The monoisotopic (exact) mass is 443 g/mol. The molecule has 0 aliphatic carbocycles. The molecule has 3 amide bonds. The fourth-order valence-electron chi connectivity index (χ4n) is 3.89. The lowest BCUT2D eigenvalue weighted by Crippen LogP contribution is -2.52. The molecule has 2 aliphatic rings. The highest BCUT2D eigenvalue weighted by Crippen LogP contribution is 2.31. The van der Waals surface area contributed by atoms with Gasteiger partial charge >= 0.3 is 5.92 Å². The zero-order valence-electron chi connectivity index (χ0n) is 16.8. The van der Waals surface area contributed by atoms with Crippen LogP contribution in [0.3, 0.4) is 0 Å². The maximum atomic E-state index is 14.4. The lowest BCUT2D eigenvalue weighted by Gasteiger charge is -2.29. The second-order valence-electron chi connectivity index (χ2n) is 7.69. The number of hydrogen-bond acceptors (Lipinski definition) is 7. The molecular formula is C21H19F2N5O4. The predicted octanol–water partition coefficient (Wildman–Crippen LogP) is 1.11. The summed E-state index contributed by atoms with van der Waals surface area (Å²) in [5, 5.41) is 2.23. The summed E-state index contributed by atoms with van der Waals surface area (Å²) in [7, 11) is 0. The highest BCUT2D eigenvalue weighted by atomic mass is 19.3.